The fourth-order valence-corrected chi connectivity index (χ4v) is 3.92. The van der Waals surface area contributed by atoms with E-state index in [-0.39, 0.29) is 0 Å². The maximum atomic E-state index is 12.1. The zero-order valence-electron chi connectivity index (χ0n) is 12.3. The molecule has 0 aromatic rings. The molecular formula is C14H29NO2S. The van der Waals surface area contributed by atoms with E-state index >= 15 is 0 Å². The highest BCUT2D eigenvalue weighted by atomic mass is 32.2. The Hall–Kier alpha value is -0.0900. The van der Waals surface area contributed by atoms with Gasteiger partial charge in [-0.15, -0.1) is 0 Å². The summed E-state index contributed by atoms with van der Waals surface area (Å²) < 4.78 is 23.7. The van der Waals surface area contributed by atoms with Crippen molar-refractivity contribution in [3.8, 4) is 0 Å². The van der Waals surface area contributed by atoms with Gasteiger partial charge in [0.2, 0.25) is 0 Å². The smallest absolute Gasteiger partial charge is 0.155 e. The predicted octanol–water partition coefficient (Wildman–Crippen LogP) is 2.76. The lowest BCUT2D eigenvalue weighted by Crippen LogP contribution is -2.40. The van der Waals surface area contributed by atoms with Crippen LogP contribution in [-0.2, 0) is 9.84 Å². The molecule has 1 fully saturated rings. The molecule has 0 aliphatic heterocycles. The summed E-state index contributed by atoms with van der Waals surface area (Å²) in [6.45, 7) is 8.49. The van der Waals surface area contributed by atoms with Crippen LogP contribution in [0.25, 0.3) is 0 Å². The Morgan fingerprint density at radius 1 is 1.17 bits per heavy atom. The highest BCUT2D eigenvalue weighted by Crippen LogP contribution is 2.29. The Kier molecular flexibility index (Phi) is 5.66. The van der Waals surface area contributed by atoms with E-state index < -0.39 is 14.6 Å². The first kappa shape index (κ1) is 16.0. The second-order valence-electron chi connectivity index (χ2n) is 6.43. The molecule has 2 unspecified atom stereocenters. The number of nitrogens with one attached hydrogen (secondary N) is 1. The fourth-order valence-electron chi connectivity index (χ4n) is 2.70. The zero-order valence-corrected chi connectivity index (χ0v) is 13.1. The first-order valence-electron chi connectivity index (χ1n) is 7.23. The van der Waals surface area contributed by atoms with E-state index in [9.17, 15) is 8.42 Å². The van der Waals surface area contributed by atoms with Gasteiger partial charge in [0.1, 0.15) is 0 Å². The third-order valence-corrected chi connectivity index (χ3v) is 6.70. The average Bonchev–Trinajstić information content (AvgIpc) is 2.27. The van der Waals surface area contributed by atoms with Crippen molar-refractivity contribution in [1.82, 2.24) is 5.32 Å². The molecule has 2 atom stereocenters. The Balaban J connectivity index is 2.56. The van der Waals surface area contributed by atoms with Crippen molar-refractivity contribution in [3.05, 3.63) is 0 Å². The summed E-state index contributed by atoms with van der Waals surface area (Å²) >= 11 is 0. The molecule has 108 valence electrons. The lowest BCUT2D eigenvalue weighted by molar-refractivity contribution is 0.259. The maximum Gasteiger partial charge on any atom is 0.155 e. The van der Waals surface area contributed by atoms with Gasteiger partial charge in [0.25, 0.3) is 0 Å². The minimum Gasteiger partial charge on any atom is -0.314 e. The van der Waals surface area contributed by atoms with Crippen molar-refractivity contribution in [2.45, 2.75) is 70.6 Å². The molecule has 0 radical (unpaired) electrons. The molecule has 0 bridgehead atoms. The van der Waals surface area contributed by atoms with Gasteiger partial charge < -0.3 is 5.32 Å². The van der Waals surface area contributed by atoms with Crippen LogP contribution in [-0.4, -0.2) is 31.5 Å². The number of hydrogen-bond donors (Lipinski definition) is 1. The van der Waals surface area contributed by atoms with Crippen molar-refractivity contribution in [2.75, 3.05) is 12.3 Å². The second-order valence-corrected chi connectivity index (χ2v) is 9.29. The SMILES string of the molecule is CCNC1CCCCC1CCS(=O)(=O)C(C)(C)C. The van der Waals surface area contributed by atoms with Gasteiger partial charge in [-0.25, -0.2) is 8.42 Å². The topological polar surface area (TPSA) is 46.2 Å². The summed E-state index contributed by atoms with van der Waals surface area (Å²) in [5.74, 6) is 0.874. The lowest BCUT2D eigenvalue weighted by atomic mass is 9.83. The predicted molar refractivity (Wildman–Crippen MR) is 77.6 cm³/mol. The van der Waals surface area contributed by atoms with Gasteiger partial charge in [-0.2, -0.15) is 0 Å². The summed E-state index contributed by atoms with van der Waals surface area (Å²) in [6, 6.07) is 0.527. The van der Waals surface area contributed by atoms with E-state index in [1.807, 2.05) is 0 Å². The monoisotopic (exact) mass is 275 g/mol. The Morgan fingerprint density at radius 2 is 1.78 bits per heavy atom. The van der Waals surface area contributed by atoms with Gasteiger partial charge in [-0.05, 0) is 52.5 Å². The van der Waals surface area contributed by atoms with E-state index in [4.69, 9.17) is 0 Å². The minimum absolute atomic E-state index is 0.336. The molecule has 0 amide bonds. The molecule has 0 saturated heterocycles. The largest absolute Gasteiger partial charge is 0.314 e. The molecule has 1 aliphatic rings. The highest BCUT2D eigenvalue weighted by Gasteiger charge is 2.31. The third kappa shape index (κ3) is 4.23. The summed E-state index contributed by atoms with van der Waals surface area (Å²) in [5, 5.41) is 3.51. The first-order chi connectivity index (χ1) is 8.28. The van der Waals surface area contributed by atoms with Crippen LogP contribution in [0, 0.1) is 5.92 Å². The van der Waals surface area contributed by atoms with Crippen molar-refractivity contribution >= 4 is 9.84 Å². The van der Waals surface area contributed by atoms with Gasteiger partial charge in [-0.3, -0.25) is 0 Å². The summed E-state index contributed by atoms with van der Waals surface area (Å²) in [6.07, 6.45) is 5.73. The maximum absolute atomic E-state index is 12.1. The van der Waals surface area contributed by atoms with Gasteiger partial charge in [0.05, 0.1) is 10.5 Å². The van der Waals surface area contributed by atoms with Crippen LogP contribution < -0.4 is 5.32 Å². The molecule has 1 saturated carbocycles. The summed E-state index contributed by atoms with van der Waals surface area (Å²) in [7, 11) is -2.96. The molecule has 0 heterocycles. The second kappa shape index (κ2) is 6.38. The standard InChI is InChI=1S/C14H29NO2S/c1-5-15-13-9-7-6-8-12(13)10-11-18(16,17)14(2,3)4/h12-13,15H,5-11H2,1-4H3. The Bertz CT molecular complexity index is 341. The molecule has 1 N–H and O–H groups in total. The fraction of sp³-hybridized carbons (Fsp3) is 1.00. The Morgan fingerprint density at radius 3 is 2.33 bits per heavy atom. The van der Waals surface area contributed by atoms with E-state index in [1.165, 1.54) is 25.7 Å². The molecule has 3 nitrogen and oxygen atoms in total. The molecular weight excluding hydrogens is 246 g/mol. The summed E-state index contributed by atoms with van der Waals surface area (Å²) in [4.78, 5) is 0. The quantitative estimate of drug-likeness (QED) is 0.839. The van der Waals surface area contributed by atoms with Crippen molar-refractivity contribution in [2.24, 2.45) is 5.92 Å². The minimum atomic E-state index is -2.96. The van der Waals surface area contributed by atoms with E-state index in [2.05, 4.69) is 12.2 Å². The lowest BCUT2D eigenvalue weighted by Gasteiger charge is -2.32. The average molecular weight is 275 g/mol. The van der Waals surface area contributed by atoms with Crippen LogP contribution in [0.5, 0.6) is 0 Å². The number of rotatable bonds is 5. The van der Waals surface area contributed by atoms with Crippen LogP contribution in [0.1, 0.15) is 59.8 Å². The van der Waals surface area contributed by atoms with Crippen LogP contribution in [0.15, 0.2) is 0 Å². The van der Waals surface area contributed by atoms with Gasteiger partial charge in [0.15, 0.2) is 9.84 Å². The first-order valence-corrected chi connectivity index (χ1v) is 8.89. The normalized spacial score (nSPS) is 26.2. The highest BCUT2D eigenvalue weighted by molar-refractivity contribution is 7.92. The van der Waals surface area contributed by atoms with Crippen molar-refractivity contribution in [1.29, 1.82) is 0 Å². The molecule has 4 heteroatoms. The van der Waals surface area contributed by atoms with Crippen LogP contribution in [0.4, 0.5) is 0 Å². The van der Waals surface area contributed by atoms with E-state index in [1.54, 1.807) is 20.8 Å². The van der Waals surface area contributed by atoms with Crippen LogP contribution in [0.2, 0.25) is 0 Å². The molecule has 1 aliphatic carbocycles. The van der Waals surface area contributed by atoms with Gasteiger partial charge >= 0.3 is 0 Å². The zero-order chi connectivity index (χ0) is 13.8. The van der Waals surface area contributed by atoms with Crippen molar-refractivity contribution in [3.63, 3.8) is 0 Å². The van der Waals surface area contributed by atoms with E-state index in [0.29, 0.717) is 17.7 Å². The molecule has 0 spiro atoms. The number of sulfone groups is 1. The van der Waals surface area contributed by atoms with E-state index in [0.717, 1.165) is 13.0 Å². The molecule has 1 rings (SSSR count). The van der Waals surface area contributed by atoms with Crippen molar-refractivity contribution < 1.29 is 8.42 Å². The van der Waals surface area contributed by atoms with Gasteiger partial charge in [-0.1, -0.05) is 19.8 Å². The summed E-state index contributed by atoms with van der Waals surface area (Å²) in [5.41, 5.74) is 0. The number of hydrogen-bond acceptors (Lipinski definition) is 3. The van der Waals surface area contributed by atoms with Crippen LogP contribution in [0.3, 0.4) is 0 Å². The Labute approximate surface area is 113 Å². The van der Waals surface area contributed by atoms with Crippen LogP contribution >= 0.6 is 0 Å². The molecule has 0 aromatic carbocycles. The third-order valence-electron chi connectivity index (χ3n) is 4.07. The van der Waals surface area contributed by atoms with Gasteiger partial charge in [0, 0.05) is 6.04 Å². The molecule has 0 aromatic heterocycles. The molecule has 18 heavy (non-hydrogen) atoms.